The summed E-state index contributed by atoms with van der Waals surface area (Å²) in [7, 11) is 0. The van der Waals surface area contributed by atoms with Crippen molar-refractivity contribution in [2.45, 2.75) is 6.18 Å². The zero-order chi connectivity index (χ0) is 16.3. The lowest BCUT2D eigenvalue weighted by atomic mass is 10.1. The molecule has 1 amide bonds. The minimum atomic E-state index is -4.48. The summed E-state index contributed by atoms with van der Waals surface area (Å²) in [5, 5.41) is 8.52. The Kier molecular flexibility index (Phi) is 4.06. The van der Waals surface area contributed by atoms with Crippen molar-refractivity contribution in [3.8, 4) is 11.3 Å². The molecular weight excluding hydrogens is 301 g/mol. The van der Waals surface area contributed by atoms with Crippen LogP contribution in [0.1, 0.15) is 11.3 Å². The third kappa shape index (κ3) is 3.57. The minimum absolute atomic E-state index is 0.00446. The normalized spacial score (nSPS) is 12.2. The number of amides is 1. The van der Waals surface area contributed by atoms with E-state index >= 15 is 0 Å². The van der Waals surface area contributed by atoms with Gasteiger partial charge >= 0.3 is 12.3 Å². The average molecular weight is 310 g/mol. The van der Waals surface area contributed by atoms with Gasteiger partial charge in [-0.15, -0.1) is 0 Å². The SMILES string of the molecule is NC(=NC(=O)O)c1cc(-c2cccc(C(F)(F)F)c2)ncn1. The van der Waals surface area contributed by atoms with Crippen molar-refractivity contribution in [2.75, 3.05) is 0 Å². The van der Waals surface area contributed by atoms with Gasteiger partial charge in [0.05, 0.1) is 11.3 Å². The topological polar surface area (TPSA) is 101 Å². The van der Waals surface area contributed by atoms with E-state index in [-0.39, 0.29) is 22.8 Å². The molecule has 0 unspecified atom stereocenters. The van der Waals surface area contributed by atoms with E-state index in [0.717, 1.165) is 18.5 Å². The number of amidine groups is 1. The maximum absolute atomic E-state index is 12.7. The fourth-order valence-corrected chi connectivity index (χ4v) is 1.67. The van der Waals surface area contributed by atoms with Crippen molar-refractivity contribution >= 4 is 11.9 Å². The molecular formula is C13H9F3N4O2. The van der Waals surface area contributed by atoms with Gasteiger partial charge in [0.1, 0.15) is 12.0 Å². The molecule has 0 aliphatic carbocycles. The highest BCUT2D eigenvalue weighted by Gasteiger charge is 2.30. The number of benzene rings is 1. The molecule has 22 heavy (non-hydrogen) atoms. The highest BCUT2D eigenvalue weighted by atomic mass is 19.4. The summed E-state index contributed by atoms with van der Waals surface area (Å²) in [6.07, 6.45) is -4.91. The van der Waals surface area contributed by atoms with Crippen molar-refractivity contribution in [1.29, 1.82) is 0 Å². The Morgan fingerprint density at radius 3 is 2.59 bits per heavy atom. The molecule has 0 radical (unpaired) electrons. The van der Waals surface area contributed by atoms with Gasteiger partial charge in [-0.05, 0) is 18.2 Å². The third-order valence-corrected chi connectivity index (χ3v) is 2.63. The standard InChI is InChI=1S/C13H9F3N4O2/c14-13(15,16)8-3-1-2-7(4-8)9-5-10(19-6-18-9)11(17)20-12(21)22/h1-6H,(H2,17,20)(H,21,22). The fourth-order valence-electron chi connectivity index (χ4n) is 1.67. The Morgan fingerprint density at radius 2 is 1.95 bits per heavy atom. The molecule has 9 heteroatoms. The van der Waals surface area contributed by atoms with E-state index in [1.807, 2.05) is 0 Å². The van der Waals surface area contributed by atoms with Gasteiger partial charge < -0.3 is 10.8 Å². The van der Waals surface area contributed by atoms with Crippen LogP contribution in [0.4, 0.5) is 18.0 Å². The molecule has 0 saturated heterocycles. The zero-order valence-corrected chi connectivity index (χ0v) is 10.9. The summed E-state index contributed by atoms with van der Waals surface area (Å²) in [6, 6.07) is 5.81. The maximum atomic E-state index is 12.7. The van der Waals surface area contributed by atoms with E-state index in [4.69, 9.17) is 10.8 Å². The molecule has 1 aromatic carbocycles. The highest BCUT2D eigenvalue weighted by molar-refractivity contribution is 6.01. The number of carbonyl (C=O) groups is 1. The van der Waals surface area contributed by atoms with Gasteiger partial charge in [-0.1, -0.05) is 12.1 Å². The largest absolute Gasteiger partial charge is 0.463 e. The van der Waals surface area contributed by atoms with E-state index in [9.17, 15) is 18.0 Å². The van der Waals surface area contributed by atoms with Gasteiger partial charge in [0.15, 0.2) is 5.84 Å². The van der Waals surface area contributed by atoms with Gasteiger partial charge in [0.2, 0.25) is 0 Å². The molecule has 0 aliphatic heterocycles. The molecule has 2 aromatic rings. The van der Waals surface area contributed by atoms with Crippen LogP contribution in [0, 0.1) is 0 Å². The Labute approximate surface area is 122 Å². The van der Waals surface area contributed by atoms with Gasteiger partial charge in [-0.25, -0.2) is 14.8 Å². The highest BCUT2D eigenvalue weighted by Crippen LogP contribution is 2.31. The molecule has 0 spiro atoms. The Bertz CT molecular complexity index is 744. The molecule has 114 valence electrons. The number of aromatic nitrogens is 2. The second kappa shape index (κ2) is 5.80. The molecule has 1 heterocycles. The molecule has 0 bridgehead atoms. The number of halogens is 3. The third-order valence-electron chi connectivity index (χ3n) is 2.63. The number of hydrogen-bond donors (Lipinski definition) is 2. The smallest absolute Gasteiger partial charge is 0.433 e. The quantitative estimate of drug-likeness (QED) is 0.655. The molecule has 2 rings (SSSR count). The van der Waals surface area contributed by atoms with Gasteiger partial charge in [-0.3, -0.25) is 0 Å². The van der Waals surface area contributed by atoms with Gasteiger partial charge in [0, 0.05) is 5.56 Å². The van der Waals surface area contributed by atoms with Crippen LogP contribution in [0.2, 0.25) is 0 Å². The minimum Gasteiger partial charge on any atom is -0.463 e. The lowest BCUT2D eigenvalue weighted by Gasteiger charge is -2.08. The molecule has 3 N–H and O–H groups in total. The summed E-state index contributed by atoms with van der Waals surface area (Å²) >= 11 is 0. The average Bonchev–Trinajstić information content (AvgIpc) is 2.46. The van der Waals surface area contributed by atoms with E-state index in [1.165, 1.54) is 18.2 Å². The van der Waals surface area contributed by atoms with Crippen LogP contribution in [-0.2, 0) is 6.18 Å². The van der Waals surface area contributed by atoms with Crippen LogP contribution in [0.25, 0.3) is 11.3 Å². The number of carboxylic acid groups (broad SMARTS) is 1. The van der Waals surface area contributed by atoms with Crippen LogP contribution in [0.15, 0.2) is 41.7 Å². The van der Waals surface area contributed by atoms with Crippen molar-refractivity contribution < 1.29 is 23.1 Å². The van der Waals surface area contributed by atoms with E-state index < -0.39 is 17.8 Å². The summed E-state index contributed by atoms with van der Waals surface area (Å²) in [4.78, 5) is 21.1. The predicted molar refractivity (Wildman–Crippen MR) is 71.2 cm³/mol. The van der Waals surface area contributed by atoms with Crippen molar-refractivity contribution in [3.05, 3.63) is 47.9 Å². The van der Waals surface area contributed by atoms with Gasteiger partial charge in [0.25, 0.3) is 0 Å². The van der Waals surface area contributed by atoms with E-state index in [2.05, 4.69) is 15.0 Å². The molecule has 0 aliphatic rings. The molecule has 1 aromatic heterocycles. The molecule has 6 nitrogen and oxygen atoms in total. The first kappa shape index (κ1) is 15.4. The first-order chi connectivity index (χ1) is 10.3. The van der Waals surface area contributed by atoms with Gasteiger partial charge in [-0.2, -0.15) is 18.2 Å². The number of nitrogens with two attached hydrogens (primary N) is 1. The zero-order valence-electron chi connectivity index (χ0n) is 10.9. The number of hydrogen-bond acceptors (Lipinski definition) is 3. The maximum Gasteiger partial charge on any atom is 0.433 e. The monoisotopic (exact) mass is 310 g/mol. The van der Waals surface area contributed by atoms with Crippen LogP contribution < -0.4 is 5.73 Å². The summed E-state index contributed by atoms with van der Waals surface area (Å²) in [5.41, 5.74) is 4.99. The lowest BCUT2D eigenvalue weighted by molar-refractivity contribution is -0.137. The van der Waals surface area contributed by atoms with Crippen LogP contribution in [-0.4, -0.2) is 27.0 Å². The van der Waals surface area contributed by atoms with Crippen molar-refractivity contribution in [1.82, 2.24) is 9.97 Å². The second-order valence-corrected chi connectivity index (χ2v) is 4.15. The van der Waals surface area contributed by atoms with Crippen molar-refractivity contribution in [2.24, 2.45) is 10.7 Å². The number of aliphatic imine (C=N–C) groups is 1. The molecule has 0 saturated carbocycles. The number of nitrogens with zero attached hydrogens (tertiary/aromatic N) is 3. The first-order valence-corrected chi connectivity index (χ1v) is 5.84. The van der Waals surface area contributed by atoms with E-state index in [1.54, 1.807) is 0 Å². The molecule has 0 fully saturated rings. The summed E-state index contributed by atoms with van der Waals surface area (Å²) < 4.78 is 38.1. The summed E-state index contributed by atoms with van der Waals surface area (Å²) in [5.74, 6) is -0.372. The lowest BCUT2D eigenvalue weighted by Crippen LogP contribution is -2.17. The Balaban J connectivity index is 2.44. The Hall–Kier alpha value is -2.97. The van der Waals surface area contributed by atoms with Crippen LogP contribution in [0.5, 0.6) is 0 Å². The van der Waals surface area contributed by atoms with E-state index in [0.29, 0.717) is 0 Å². The predicted octanol–water partition coefficient (Wildman–Crippen LogP) is 2.55. The number of rotatable bonds is 2. The second-order valence-electron chi connectivity index (χ2n) is 4.15. The Morgan fingerprint density at radius 1 is 1.23 bits per heavy atom. The first-order valence-electron chi connectivity index (χ1n) is 5.84. The van der Waals surface area contributed by atoms with Crippen LogP contribution >= 0.6 is 0 Å². The fraction of sp³-hybridized carbons (Fsp3) is 0.0769. The van der Waals surface area contributed by atoms with Crippen molar-refractivity contribution in [3.63, 3.8) is 0 Å². The summed E-state index contributed by atoms with van der Waals surface area (Å²) in [6.45, 7) is 0. The number of alkyl halides is 3. The molecule has 0 atom stereocenters. The van der Waals surface area contributed by atoms with Crippen LogP contribution in [0.3, 0.4) is 0 Å².